The van der Waals surface area contributed by atoms with Gasteiger partial charge in [-0.2, -0.15) is 0 Å². The second-order valence-corrected chi connectivity index (χ2v) is 6.53. The molecule has 0 N–H and O–H groups in total. The second-order valence-electron chi connectivity index (χ2n) is 6.53. The van der Waals surface area contributed by atoms with Crippen molar-refractivity contribution in [2.24, 2.45) is 5.92 Å². The minimum absolute atomic E-state index is 0.116. The van der Waals surface area contributed by atoms with E-state index in [9.17, 15) is 4.79 Å². The summed E-state index contributed by atoms with van der Waals surface area (Å²) < 4.78 is 7.38. The number of aromatic nitrogens is 3. The Hall–Kier alpha value is -2.17. The molecule has 0 aromatic carbocycles. The van der Waals surface area contributed by atoms with E-state index in [1.165, 1.54) is 18.4 Å². The molecule has 4 rings (SSSR count). The monoisotopic (exact) mass is 297 g/mol. The van der Waals surface area contributed by atoms with Crippen molar-refractivity contribution >= 4 is 22.2 Å². The predicted molar refractivity (Wildman–Crippen MR) is 85.1 cm³/mol. The molecule has 1 aliphatic rings. The van der Waals surface area contributed by atoms with Crippen LogP contribution < -0.4 is 5.56 Å². The van der Waals surface area contributed by atoms with E-state index < -0.39 is 0 Å². The fourth-order valence-corrected chi connectivity index (χ4v) is 3.24. The summed E-state index contributed by atoms with van der Waals surface area (Å²) in [5.74, 6) is 0.381. The van der Waals surface area contributed by atoms with Gasteiger partial charge in [0.05, 0.1) is 11.7 Å². The summed E-state index contributed by atoms with van der Waals surface area (Å²) in [4.78, 5) is 21.6. The molecule has 5 heteroatoms. The van der Waals surface area contributed by atoms with Gasteiger partial charge in [-0.25, -0.2) is 9.97 Å². The highest BCUT2D eigenvalue weighted by molar-refractivity contribution is 6.00. The quantitative estimate of drug-likeness (QED) is 0.729. The van der Waals surface area contributed by atoms with Gasteiger partial charge in [0.15, 0.2) is 0 Å². The number of hydrogen-bond donors (Lipinski definition) is 0. The number of nitrogens with zero attached hydrogens (tertiary/aromatic N) is 3. The van der Waals surface area contributed by atoms with Gasteiger partial charge < -0.3 is 4.42 Å². The van der Waals surface area contributed by atoms with Crippen LogP contribution >= 0.6 is 0 Å². The van der Waals surface area contributed by atoms with Gasteiger partial charge in [-0.05, 0) is 43.2 Å². The van der Waals surface area contributed by atoms with Crippen LogP contribution in [0.2, 0.25) is 0 Å². The van der Waals surface area contributed by atoms with Crippen molar-refractivity contribution in [2.45, 2.75) is 46.1 Å². The maximum atomic E-state index is 12.6. The smallest absolute Gasteiger partial charge is 0.297 e. The van der Waals surface area contributed by atoms with Crippen LogP contribution in [-0.2, 0) is 19.4 Å². The average Bonchev–Trinajstić information content (AvgIpc) is 2.86. The molecule has 0 amide bonds. The van der Waals surface area contributed by atoms with E-state index in [1.807, 2.05) is 0 Å². The highest BCUT2D eigenvalue weighted by atomic mass is 16.3. The molecule has 3 heterocycles. The molecule has 0 saturated heterocycles. The molecule has 1 aliphatic carbocycles. The molecule has 0 saturated carbocycles. The van der Waals surface area contributed by atoms with Crippen LogP contribution in [0, 0.1) is 5.92 Å². The summed E-state index contributed by atoms with van der Waals surface area (Å²) in [6.07, 6.45) is 6.04. The van der Waals surface area contributed by atoms with E-state index >= 15 is 0 Å². The first kappa shape index (κ1) is 13.5. The predicted octanol–water partition coefficient (Wildman–Crippen LogP) is 3.07. The van der Waals surface area contributed by atoms with Crippen LogP contribution in [0.1, 0.15) is 37.9 Å². The number of rotatable bonds is 2. The Morgan fingerprint density at radius 1 is 1.32 bits per heavy atom. The van der Waals surface area contributed by atoms with Crippen LogP contribution in [0.25, 0.3) is 22.2 Å². The maximum absolute atomic E-state index is 12.6. The first-order chi connectivity index (χ1) is 10.6. The Kier molecular flexibility index (Phi) is 3.03. The summed E-state index contributed by atoms with van der Waals surface area (Å²) in [5, 5.41) is 0.865. The highest BCUT2D eigenvalue weighted by Crippen LogP contribution is 2.29. The summed E-state index contributed by atoms with van der Waals surface area (Å²) in [6, 6.07) is 2.11. The van der Waals surface area contributed by atoms with Crippen molar-refractivity contribution in [3.05, 3.63) is 34.0 Å². The van der Waals surface area contributed by atoms with Gasteiger partial charge in [0.2, 0.25) is 11.3 Å². The van der Waals surface area contributed by atoms with Gasteiger partial charge in [0.1, 0.15) is 5.52 Å². The van der Waals surface area contributed by atoms with Crippen LogP contribution in [-0.4, -0.2) is 14.5 Å². The fourth-order valence-electron chi connectivity index (χ4n) is 3.24. The molecular weight excluding hydrogens is 278 g/mol. The number of hydrogen-bond acceptors (Lipinski definition) is 4. The largest absolute Gasteiger partial charge is 0.430 e. The zero-order chi connectivity index (χ0) is 15.3. The Bertz CT molecular complexity index is 921. The Labute approximate surface area is 128 Å². The Morgan fingerprint density at radius 2 is 2.14 bits per heavy atom. The van der Waals surface area contributed by atoms with Gasteiger partial charge in [0, 0.05) is 12.2 Å². The molecule has 0 atom stereocenters. The molecule has 3 aromatic heterocycles. The lowest BCUT2D eigenvalue weighted by atomic mass is 9.95. The SMILES string of the molecule is CC(C)Cn1cnc2c(oc3nc4c(cc32)CCCC4)c1=O. The number of aryl methyl sites for hydroxylation is 2. The third kappa shape index (κ3) is 2.03. The van der Waals surface area contributed by atoms with Gasteiger partial charge >= 0.3 is 0 Å². The number of pyridine rings is 1. The van der Waals surface area contributed by atoms with E-state index in [0.717, 1.165) is 23.9 Å². The molecule has 3 aromatic rings. The normalized spacial score (nSPS) is 14.9. The van der Waals surface area contributed by atoms with Gasteiger partial charge in [-0.1, -0.05) is 13.8 Å². The first-order valence-corrected chi connectivity index (χ1v) is 7.94. The Morgan fingerprint density at radius 3 is 2.95 bits per heavy atom. The van der Waals surface area contributed by atoms with Crippen LogP contribution in [0.3, 0.4) is 0 Å². The average molecular weight is 297 g/mol. The molecule has 0 radical (unpaired) electrons. The summed E-state index contributed by atoms with van der Waals surface area (Å²) in [6.45, 7) is 4.79. The lowest BCUT2D eigenvalue weighted by Crippen LogP contribution is -2.22. The van der Waals surface area contributed by atoms with E-state index in [1.54, 1.807) is 10.9 Å². The molecule has 0 bridgehead atoms. The number of furan rings is 1. The van der Waals surface area contributed by atoms with E-state index in [2.05, 4.69) is 29.9 Å². The molecule has 0 unspecified atom stereocenters. The van der Waals surface area contributed by atoms with Crippen LogP contribution in [0.4, 0.5) is 0 Å². The lowest BCUT2D eigenvalue weighted by molar-refractivity contribution is 0.503. The van der Waals surface area contributed by atoms with Crippen LogP contribution in [0.15, 0.2) is 21.6 Å². The third-order valence-corrected chi connectivity index (χ3v) is 4.28. The lowest BCUT2D eigenvalue weighted by Gasteiger charge is -2.13. The maximum Gasteiger partial charge on any atom is 0.297 e. The molecule has 22 heavy (non-hydrogen) atoms. The summed E-state index contributed by atoms with van der Waals surface area (Å²) in [7, 11) is 0. The topological polar surface area (TPSA) is 60.9 Å². The van der Waals surface area contributed by atoms with E-state index in [0.29, 0.717) is 29.3 Å². The molecule has 5 nitrogen and oxygen atoms in total. The van der Waals surface area contributed by atoms with Crippen LogP contribution in [0.5, 0.6) is 0 Å². The summed E-state index contributed by atoms with van der Waals surface area (Å²) >= 11 is 0. The van der Waals surface area contributed by atoms with Crippen molar-refractivity contribution in [1.29, 1.82) is 0 Å². The molecule has 0 spiro atoms. The van der Waals surface area contributed by atoms with E-state index in [-0.39, 0.29) is 5.56 Å². The Balaban J connectivity index is 1.97. The highest BCUT2D eigenvalue weighted by Gasteiger charge is 2.19. The van der Waals surface area contributed by atoms with Crippen molar-refractivity contribution < 1.29 is 4.42 Å². The summed E-state index contributed by atoms with van der Waals surface area (Å²) in [5.41, 5.74) is 3.78. The van der Waals surface area contributed by atoms with Gasteiger partial charge in [0.25, 0.3) is 5.56 Å². The first-order valence-electron chi connectivity index (χ1n) is 7.94. The third-order valence-electron chi connectivity index (χ3n) is 4.28. The van der Waals surface area contributed by atoms with Gasteiger partial charge in [-0.3, -0.25) is 9.36 Å². The van der Waals surface area contributed by atoms with Gasteiger partial charge in [-0.15, -0.1) is 0 Å². The number of fused-ring (bicyclic) bond motifs is 4. The minimum Gasteiger partial charge on any atom is -0.430 e. The van der Waals surface area contributed by atoms with Crippen molar-refractivity contribution in [2.75, 3.05) is 0 Å². The van der Waals surface area contributed by atoms with Crippen molar-refractivity contribution in [1.82, 2.24) is 14.5 Å². The molecule has 0 fully saturated rings. The van der Waals surface area contributed by atoms with E-state index in [4.69, 9.17) is 4.42 Å². The van der Waals surface area contributed by atoms with Crippen molar-refractivity contribution in [3.8, 4) is 0 Å². The zero-order valence-electron chi connectivity index (χ0n) is 12.9. The zero-order valence-corrected chi connectivity index (χ0v) is 12.9. The molecule has 0 aliphatic heterocycles. The fraction of sp³-hybridized carbons (Fsp3) is 0.471. The molecule has 114 valence electrons. The second kappa shape index (κ2) is 4.93. The minimum atomic E-state index is -0.116. The molecular formula is C17H19N3O2. The van der Waals surface area contributed by atoms with Crippen molar-refractivity contribution in [3.63, 3.8) is 0 Å². The standard InChI is InChI=1S/C17H19N3O2/c1-10(2)8-20-9-18-14-12-7-11-5-3-4-6-13(11)19-16(12)22-15(14)17(20)21/h7,9-10H,3-6,8H2,1-2H3.